The third kappa shape index (κ3) is 5.67. The van der Waals surface area contributed by atoms with Crippen LogP contribution in [-0.4, -0.2) is 49.5 Å². The van der Waals surface area contributed by atoms with Gasteiger partial charge in [0.25, 0.3) is 0 Å². The van der Waals surface area contributed by atoms with Gasteiger partial charge in [0.2, 0.25) is 5.91 Å². The molecule has 1 aromatic rings. The van der Waals surface area contributed by atoms with Crippen molar-refractivity contribution < 1.29 is 4.79 Å². The number of halogens is 2. The van der Waals surface area contributed by atoms with Gasteiger partial charge in [-0.1, -0.05) is 27.5 Å². The van der Waals surface area contributed by atoms with Crippen LogP contribution in [0.1, 0.15) is 25.3 Å². The summed E-state index contributed by atoms with van der Waals surface area (Å²) in [5.74, 6) is 1.00. The highest BCUT2D eigenvalue weighted by molar-refractivity contribution is 9.10. The van der Waals surface area contributed by atoms with E-state index in [-0.39, 0.29) is 11.9 Å². The molecule has 1 aliphatic rings. The van der Waals surface area contributed by atoms with Gasteiger partial charge in [-0.15, -0.1) is 0 Å². The minimum Gasteiger partial charge on any atom is -0.357 e. The molecule has 7 heteroatoms. The minimum atomic E-state index is 0.209. The largest absolute Gasteiger partial charge is 0.357 e. The number of guanidine groups is 1. The van der Waals surface area contributed by atoms with Crippen LogP contribution in [0.25, 0.3) is 0 Å². The van der Waals surface area contributed by atoms with Crippen LogP contribution < -0.4 is 10.6 Å². The highest BCUT2D eigenvalue weighted by Crippen LogP contribution is 2.21. The summed E-state index contributed by atoms with van der Waals surface area (Å²) >= 11 is 9.59. The second-order valence-corrected chi connectivity index (χ2v) is 7.19. The first kappa shape index (κ1) is 19.1. The number of rotatable bonds is 5. The number of carbonyl (C=O) groups is 1. The highest BCUT2D eigenvalue weighted by atomic mass is 79.9. The molecule has 1 aromatic carbocycles. The van der Waals surface area contributed by atoms with E-state index in [1.54, 1.807) is 4.90 Å². The second kappa shape index (κ2) is 9.28. The third-order valence-electron chi connectivity index (χ3n) is 3.97. The zero-order valence-corrected chi connectivity index (χ0v) is 16.5. The van der Waals surface area contributed by atoms with E-state index in [2.05, 4.69) is 31.6 Å². The van der Waals surface area contributed by atoms with E-state index in [4.69, 9.17) is 11.6 Å². The lowest BCUT2D eigenvalue weighted by molar-refractivity contribution is -0.132. The molecule has 132 valence electrons. The van der Waals surface area contributed by atoms with E-state index >= 15 is 0 Å². The van der Waals surface area contributed by atoms with Gasteiger partial charge in [-0.3, -0.25) is 9.79 Å². The zero-order valence-electron chi connectivity index (χ0n) is 14.1. The first-order valence-corrected chi connectivity index (χ1v) is 9.39. The summed E-state index contributed by atoms with van der Waals surface area (Å²) in [5.41, 5.74) is 1.14. The van der Waals surface area contributed by atoms with Gasteiger partial charge in [0.1, 0.15) is 0 Å². The van der Waals surface area contributed by atoms with E-state index < -0.39 is 0 Å². The van der Waals surface area contributed by atoms with Crippen molar-refractivity contribution >= 4 is 39.4 Å². The maximum atomic E-state index is 11.6. The Kier molecular flexibility index (Phi) is 7.37. The number of piperidine rings is 1. The Morgan fingerprint density at radius 1 is 1.50 bits per heavy atom. The number of hydrogen-bond donors (Lipinski definition) is 2. The number of carbonyl (C=O) groups excluding carboxylic acids is 1. The lowest BCUT2D eigenvalue weighted by atomic mass is 10.1. The van der Waals surface area contributed by atoms with Crippen LogP contribution in [0.4, 0.5) is 0 Å². The molecule has 2 N–H and O–H groups in total. The van der Waals surface area contributed by atoms with Crippen LogP contribution >= 0.6 is 27.5 Å². The predicted octanol–water partition coefficient (Wildman–Crippen LogP) is 2.82. The Labute approximate surface area is 157 Å². The lowest BCUT2D eigenvalue weighted by Gasteiger charge is -2.31. The van der Waals surface area contributed by atoms with Gasteiger partial charge in [0, 0.05) is 48.6 Å². The molecule has 1 heterocycles. The molecular formula is C17H24BrClN4O. The smallest absolute Gasteiger partial charge is 0.222 e. The van der Waals surface area contributed by atoms with Crippen molar-refractivity contribution in [2.45, 2.75) is 32.2 Å². The molecule has 0 aliphatic carbocycles. The molecule has 1 aliphatic heterocycles. The fourth-order valence-electron chi connectivity index (χ4n) is 2.67. The molecule has 0 radical (unpaired) electrons. The third-order valence-corrected chi connectivity index (χ3v) is 4.98. The van der Waals surface area contributed by atoms with Gasteiger partial charge in [-0.05, 0) is 43.5 Å². The fourth-order valence-corrected chi connectivity index (χ4v) is 3.31. The second-order valence-electron chi connectivity index (χ2n) is 5.90. The van der Waals surface area contributed by atoms with E-state index in [9.17, 15) is 4.79 Å². The number of benzene rings is 1. The summed E-state index contributed by atoms with van der Waals surface area (Å²) in [5, 5.41) is 7.43. The van der Waals surface area contributed by atoms with Gasteiger partial charge in [-0.25, -0.2) is 0 Å². The first-order chi connectivity index (χ1) is 11.5. The summed E-state index contributed by atoms with van der Waals surface area (Å²) in [7, 11) is 1.84. The Bertz CT molecular complexity index is 608. The molecule has 0 aromatic heterocycles. The fraction of sp³-hybridized carbons (Fsp3) is 0.529. The van der Waals surface area contributed by atoms with Crippen molar-refractivity contribution in [3.63, 3.8) is 0 Å². The Morgan fingerprint density at radius 3 is 3.00 bits per heavy atom. The van der Waals surface area contributed by atoms with Crippen LogP contribution in [0.2, 0.25) is 5.02 Å². The molecule has 1 saturated heterocycles. The van der Waals surface area contributed by atoms with E-state index in [0.717, 1.165) is 40.4 Å². The predicted molar refractivity (Wildman–Crippen MR) is 103 cm³/mol. The van der Waals surface area contributed by atoms with Gasteiger partial charge >= 0.3 is 0 Å². The Balaban J connectivity index is 1.93. The molecular weight excluding hydrogens is 392 g/mol. The monoisotopic (exact) mass is 414 g/mol. The molecule has 0 spiro atoms. The van der Waals surface area contributed by atoms with Crippen LogP contribution in [0.5, 0.6) is 0 Å². The summed E-state index contributed by atoms with van der Waals surface area (Å²) in [4.78, 5) is 18.0. The first-order valence-electron chi connectivity index (χ1n) is 8.22. The molecule has 2 rings (SSSR count). The number of nitrogens with one attached hydrogen (secondary N) is 2. The van der Waals surface area contributed by atoms with Crippen LogP contribution in [0.15, 0.2) is 27.7 Å². The molecule has 1 atom stereocenters. The summed E-state index contributed by atoms with van der Waals surface area (Å²) in [6, 6.07) is 6.02. The van der Waals surface area contributed by atoms with Crippen molar-refractivity contribution in [2.24, 2.45) is 4.99 Å². The van der Waals surface area contributed by atoms with Crippen molar-refractivity contribution in [1.82, 2.24) is 15.5 Å². The van der Waals surface area contributed by atoms with Gasteiger partial charge in [0.15, 0.2) is 5.96 Å². The Morgan fingerprint density at radius 2 is 2.29 bits per heavy atom. The minimum absolute atomic E-state index is 0.209. The van der Waals surface area contributed by atoms with Gasteiger partial charge in [0.05, 0.1) is 0 Å². The SMILES string of the molecule is CCNC(=NCCc1cc(Cl)ccc1Br)NC1CCC(=O)N(C)C1. The lowest BCUT2D eigenvalue weighted by Crippen LogP contribution is -2.51. The maximum Gasteiger partial charge on any atom is 0.222 e. The van der Waals surface area contributed by atoms with Crippen LogP contribution in [0, 0.1) is 0 Å². The highest BCUT2D eigenvalue weighted by Gasteiger charge is 2.23. The number of hydrogen-bond acceptors (Lipinski definition) is 2. The van der Waals surface area contributed by atoms with Gasteiger partial charge < -0.3 is 15.5 Å². The summed E-state index contributed by atoms with van der Waals surface area (Å²) in [6.07, 6.45) is 2.23. The number of nitrogens with zero attached hydrogens (tertiary/aromatic N) is 2. The number of likely N-dealkylation sites (tertiary alicyclic amines) is 1. The van der Waals surface area contributed by atoms with E-state index in [1.165, 1.54) is 0 Å². The van der Waals surface area contributed by atoms with Crippen molar-refractivity contribution in [2.75, 3.05) is 26.7 Å². The standard InChI is InChI=1S/C17H24BrClN4O/c1-3-20-17(22-14-5-7-16(24)23(2)11-14)21-9-8-12-10-13(19)4-6-15(12)18/h4,6,10,14H,3,5,7-9,11H2,1-2H3,(H2,20,21,22). The molecule has 1 amide bonds. The van der Waals surface area contributed by atoms with Gasteiger partial charge in [-0.2, -0.15) is 0 Å². The van der Waals surface area contributed by atoms with Crippen molar-refractivity contribution in [3.8, 4) is 0 Å². The maximum absolute atomic E-state index is 11.6. The molecule has 24 heavy (non-hydrogen) atoms. The number of amides is 1. The molecule has 1 unspecified atom stereocenters. The van der Waals surface area contributed by atoms with E-state index in [1.807, 2.05) is 32.2 Å². The molecule has 0 bridgehead atoms. The molecule has 0 saturated carbocycles. The Hall–Kier alpha value is -1.27. The normalized spacial score (nSPS) is 18.7. The quantitative estimate of drug-likeness (QED) is 0.574. The topological polar surface area (TPSA) is 56.7 Å². The number of aliphatic imine (C=N–C) groups is 1. The van der Waals surface area contributed by atoms with Crippen LogP contribution in [0.3, 0.4) is 0 Å². The molecule has 1 fully saturated rings. The van der Waals surface area contributed by atoms with E-state index in [0.29, 0.717) is 19.5 Å². The summed E-state index contributed by atoms with van der Waals surface area (Å²) < 4.78 is 1.05. The van der Waals surface area contributed by atoms with Crippen molar-refractivity contribution in [1.29, 1.82) is 0 Å². The van der Waals surface area contributed by atoms with Crippen molar-refractivity contribution in [3.05, 3.63) is 33.3 Å². The summed E-state index contributed by atoms with van der Waals surface area (Å²) in [6.45, 7) is 4.22. The zero-order chi connectivity index (χ0) is 17.5. The average molecular weight is 416 g/mol. The van der Waals surface area contributed by atoms with Crippen LogP contribution in [-0.2, 0) is 11.2 Å². The average Bonchev–Trinajstić information content (AvgIpc) is 2.54. The molecule has 5 nitrogen and oxygen atoms in total. The number of likely N-dealkylation sites (N-methyl/N-ethyl adjacent to an activating group) is 1.